The topological polar surface area (TPSA) is 126 Å². The van der Waals surface area contributed by atoms with Gasteiger partial charge < -0.3 is 25.8 Å². The molecule has 4 rings (SSSR count). The SMILES string of the molecule is CC(C)(C)OC(=O)N1CCCC(n2nc(-c3ccc(Oc4ccc(F)cc4)cc3Cl)c(C(N)=O)c2N)C1. The molecule has 0 saturated carbocycles. The van der Waals surface area contributed by atoms with Crippen molar-refractivity contribution in [3.8, 4) is 22.8 Å². The van der Waals surface area contributed by atoms with E-state index in [2.05, 4.69) is 5.10 Å². The molecule has 37 heavy (non-hydrogen) atoms. The van der Waals surface area contributed by atoms with Gasteiger partial charge in [-0.25, -0.2) is 13.9 Å². The molecule has 1 aliphatic rings. The number of carbonyl (C=O) groups is 2. The number of nitrogens with two attached hydrogens (primary N) is 2. The van der Waals surface area contributed by atoms with Crippen LogP contribution in [0.1, 0.15) is 50.0 Å². The number of ether oxygens (including phenoxy) is 2. The lowest BCUT2D eigenvalue weighted by Crippen LogP contribution is -2.43. The Bertz CT molecular complexity index is 1320. The van der Waals surface area contributed by atoms with Crippen LogP contribution in [0, 0.1) is 5.82 Å². The Kier molecular flexibility index (Phi) is 7.31. The molecule has 2 heterocycles. The van der Waals surface area contributed by atoms with E-state index in [1.165, 1.54) is 28.9 Å². The standard InChI is InChI=1S/C26H29ClFN5O4/c1-26(2,3)37-25(35)32-12-4-5-16(14-32)33-23(29)21(24(30)34)22(31-33)19-11-10-18(13-20(19)27)36-17-8-6-15(28)7-9-17/h6-11,13,16H,4-5,12,14,29H2,1-3H3,(H2,30,34). The van der Waals surface area contributed by atoms with E-state index in [1.807, 2.05) is 20.8 Å². The molecule has 0 spiro atoms. The van der Waals surface area contributed by atoms with Crippen molar-refractivity contribution in [2.24, 2.45) is 5.73 Å². The average molecular weight is 530 g/mol. The van der Waals surface area contributed by atoms with Gasteiger partial charge >= 0.3 is 6.09 Å². The maximum absolute atomic E-state index is 13.2. The minimum atomic E-state index is -0.749. The lowest BCUT2D eigenvalue weighted by atomic mass is 10.1. The molecule has 2 aromatic carbocycles. The summed E-state index contributed by atoms with van der Waals surface area (Å²) in [6, 6.07) is 10.1. The number of carbonyl (C=O) groups excluding carboxylic acids is 2. The number of benzene rings is 2. The second kappa shape index (κ2) is 10.3. The first kappa shape index (κ1) is 26.3. The van der Waals surface area contributed by atoms with E-state index >= 15 is 0 Å². The van der Waals surface area contributed by atoms with Crippen LogP contribution in [0.4, 0.5) is 15.0 Å². The van der Waals surface area contributed by atoms with Crippen molar-refractivity contribution in [3.05, 3.63) is 58.9 Å². The summed E-state index contributed by atoms with van der Waals surface area (Å²) in [5.74, 6) is -0.181. The second-order valence-corrected chi connectivity index (χ2v) is 10.2. The van der Waals surface area contributed by atoms with E-state index in [-0.39, 0.29) is 34.0 Å². The Morgan fingerprint density at radius 2 is 1.81 bits per heavy atom. The Morgan fingerprint density at radius 3 is 2.43 bits per heavy atom. The molecule has 1 aliphatic heterocycles. The van der Waals surface area contributed by atoms with Gasteiger partial charge in [0.05, 0.1) is 11.1 Å². The molecule has 1 fully saturated rings. The number of hydrogen-bond acceptors (Lipinski definition) is 6. The van der Waals surface area contributed by atoms with E-state index in [0.29, 0.717) is 43.0 Å². The molecule has 1 atom stereocenters. The Morgan fingerprint density at radius 1 is 1.14 bits per heavy atom. The molecular weight excluding hydrogens is 501 g/mol. The van der Waals surface area contributed by atoms with Crippen molar-refractivity contribution in [1.82, 2.24) is 14.7 Å². The number of aromatic nitrogens is 2. The van der Waals surface area contributed by atoms with Crippen LogP contribution in [-0.2, 0) is 4.74 Å². The summed E-state index contributed by atoms with van der Waals surface area (Å²) in [5, 5.41) is 4.88. The number of amides is 2. The van der Waals surface area contributed by atoms with Gasteiger partial charge in [-0.05, 0) is 70.0 Å². The fourth-order valence-corrected chi connectivity index (χ4v) is 4.45. The zero-order chi connectivity index (χ0) is 26.9. The molecule has 4 N–H and O–H groups in total. The summed E-state index contributed by atoms with van der Waals surface area (Å²) in [4.78, 5) is 26.6. The van der Waals surface area contributed by atoms with E-state index < -0.39 is 17.6 Å². The monoisotopic (exact) mass is 529 g/mol. The van der Waals surface area contributed by atoms with Gasteiger partial charge in [0.1, 0.15) is 40.0 Å². The number of primary amides is 1. The van der Waals surface area contributed by atoms with Gasteiger partial charge in [0.15, 0.2) is 0 Å². The smallest absolute Gasteiger partial charge is 0.410 e. The maximum Gasteiger partial charge on any atom is 0.410 e. The first-order valence-electron chi connectivity index (χ1n) is 11.8. The van der Waals surface area contributed by atoms with Gasteiger partial charge in [-0.3, -0.25) is 4.79 Å². The Balaban J connectivity index is 1.63. The largest absolute Gasteiger partial charge is 0.457 e. The lowest BCUT2D eigenvalue weighted by Gasteiger charge is -2.34. The van der Waals surface area contributed by atoms with Crippen molar-refractivity contribution in [3.63, 3.8) is 0 Å². The molecule has 2 amide bonds. The first-order valence-corrected chi connectivity index (χ1v) is 12.2. The molecule has 0 aliphatic carbocycles. The van der Waals surface area contributed by atoms with Crippen molar-refractivity contribution in [2.75, 3.05) is 18.8 Å². The summed E-state index contributed by atoms with van der Waals surface area (Å²) in [7, 11) is 0. The number of nitrogens with zero attached hydrogens (tertiary/aromatic N) is 3. The lowest BCUT2D eigenvalue weighted by molar-refractivity contribution is 0.0168. The first-order chi connectivity index (χ1) is 17.4. The molecule has 196 valence electrons. The van der Waals surface area contributed by atoms with Gasteiger partial charge in [-0.1, -0.05) is 11.6 Å². The molecule has 9 nitrogen and oxygen atoms in total. The zero-order valence-electron chi connectivity index (χ0n) is 20.8. The molecule has 3 aromatic rings. The fourth-order valence-electron chi connectivity index (χ4n) is 4.19. The summed E-state index contributed by atoms with van der Waals surface area (Å²) in [6.45, 7) is 6.29. The molecule has 0 bridgehead atoms. The van der Waals surface area contributed by atoms with Crippen LogP contribution in [0.2, 0.25) is 5.02 Å². The summed E-state index contributed by atoms with van der Waals surface area (Å²) in [6.07, 6.45) is 0.986. The van der Waals surface area contributed by atoms with Crippen LogP contribution in [0.15, 0.2) is 42.5 Å². The number of piperidine rings is 1. The van der Waals surface area contributed by atoms with Gasteiger partial charge in [0.2, 0.25) is 0 Å². The Labute approximate surface area is 219 Å². The maximum atomic E-state index is 13.2. The Hall–Kier alpha value is -3.79. The van der Waals surface area contributed by atoms with Crippen LogP contribution in [0.3, 0.4) is 0 Å². The van der Waals surface area contributed by atoms with Gasteiger partial charge in [-0.15, -0.1) is 0 Å². The third kappa shape index (κ3) is 5.96. The number of anilines is 1. The predicted octanol–water partition coefficient (Wildman–Crippen LogP) is 5.39. The van der Waals surface area contributed by atoms with Gasteiger partial charge in [-0.2, -0.15) is 5.10 Å². The van der Waals surface area contributed by atoms with Crippen molar-refractivity contribution >= 4 is 29.4 Å². The summed E-state index contributed by atoms with van der Waals surface area (Å²) >= 11 is 6.55. The van der Waals surface area contributed by atoms with E-state index in [1.54, 1.807) is 23.1 Å². The fraction of sp³-hybridized carbons (Fsp3) is 0.346. The molecular formula is C26H29ClFN5O4. The van der Waals surface area contributed by atoms with E-state index in [9.17, 15) is 14.0 Å². The van der Waals surface area contributed by atoms with E-state index in [0.717, 1.165) is 0 Å². The van der Waals surface area contributed by atoms with Crippen molar-refractivity contribution < 1.29 is 23.5 Å². The zero-order valence-corrected chi connectivity index (χ0v) is 21.6. The highest BCUT2D eigenvalue weighted by Gasteiger charge is 2.32. The van der Waals surface area contributed by atoms with Gasteiger partial charge in [0, 0.05) is 24.7 Å². The number of rotatable bonds is 5. The average Bonchev–Trinajstić information content (AvgIpc) is 3.16. The van der Waals surface area contributed by atoms with Crippen molar-refractivity contribution in [1.29, 1.82) is 0 Å². The number of nitrogen functional groups attached to an aromatic ring is 1. The van der Waals surface area contributed by atoms with Crippen LogP contribution in [-0.4, -0.2) is 45.4 Å². The highest BCUT2D eigenvalue weighted by Crippen LogP contribution is 2.37. The van der Waals surface area contributed by atoms with Crippen LogP contribution in [0.25, 0.3) is 11.3 Å². The molecule has 11 heteroatoms. The minimum Gasteiger partial charge on any atom is -0.457 e. The second-order valence-electron chi connectivity index (χ2n) is 9.84. The summed E-state index contributed by atoms with van der Waals surface area (Å²) in [5.41, 5.74) is 12.1. The quantitative estimate of drug-likeness (QED) is 0.456. The number of hydrogen-bond donors (Lipinski definition) is 2. The number of likely N-dealkylation sites (tertiary alicyclic amines) is 1. The molecule has 1 unspecified atom stereocenters. The normalized spacial score (nSPS) is 15.9. The molecule has 1 saturated heterocycles. The van der Waals surface area contributed by atoms with Gasteiger partial charge in [0.25, 0.3) is 5.91 Å². The number of halogens is 2. The molecule has 0 radical (unpaired) electrons. The predicted molar refractivity (Wildman–Crippen MR) is 138 cm³/mol. The van der Waals surface area contributed by atoms with Crippen LogP contribution in [0.5, 0.6) is 11.5 Å². The highest BCUT2D eigenvalue weighted by molar-refractivity contribution is 6.33. The third-order valence-corrected chi connectivity index (χ3v) is 6.15. The summed E-state index contributed by atoms with van der Waals surface area (Å²) < 4.78 is 25.9. The third-order valence-electron chi connectivity index (χ3n) is 5.83. The minimum absolute atomic E-state index is 0.0449. The van der Waals surface area contributed by atoms with Crippen LogP contribution >= 0.6 is 11.6 Å². The highest BCUT2D eigenvalue weighted by atomic mass is 35.5. The van der Waals surface area contributed by atoms with Crippen molar-refractivity contribution in [2.45, 2.75) is 45.3 Å². The van der Waals surface area contributed by atoms with Crippen LogP contribution < -0.4 is 16.2 Å². The van der Waals surface area contributed by atoms with E-state index in [4.69, 9.17) is 32.5 Å². The molecule has 1 aromatic heterocycles.